The first kappa shape index (κ1) is 10.9. The molecule has 0 aromatic rings. The van der Waals surface area contributed by atoms with E-state index in [0.29, 0.717) is 6.79 Å². The number of hydrogen-bond donors (Lipinski definition) is 0. The molecule has 3 nitrogen and oxygen atoms in total. The molecule has 0 bridgehead atoms. The van der Waals surface area contributed by atoms with Crippen molar-refractivity contribution >= 4 is 0 Å². The Bertz CT molecular complexity index is 78.5. The minimum absolute atomic E-state index is 0.403. The second kappa shape index (κ2) is 7.98. The van der Waals surface area contributed by atoms with E-state index in [1.807, 2.05) is 0 Å². The summed E-state index contributed by atoms with van der Waals surface area (Å²) in [5.74, 6) is 0. The monoisotopic (exact) mass is 161 g/mol. The smallest absolute Gasteiger partial charge is 0.146 e. The predicted octanol–water partition coefficient (Wildman–Crippen LogP) is 0.949. The summed E-state index contributed by atoms with van der Waals surface area (Å²) in [6, 6.07) is 0. The highest BCUT2D eigenvalue weighted by atomic mass is 16.7. The first-order valence-corrected chi connectivity index (χ1v) is 4.06. The average molecular weight is 161 g/mol. The minimum atomic E-state index is 0.403. The van der Waals surface area contributed by atoms with E-state index >= 15 is 0 Å². The van der Waals surface area contributed by atoms with Gasteiger partial charge in [0, 0.05) is 13.7 Å². The van der Waals surface area contributed by atoms with Crippen LogP contribution in [0.3, 0.4) is 0 Å². The predicted molar refractivity (Wildman–Crippen MR) is 45.6 cm³/mol. The van der Waals surface area contributed by atoms with Gasteiger partial charge in [0.15, 0.2) is 0 Å². The van der Waals surface area contributed by atoms with Crippen molar-refractivity contribution in [2.24, 2.45) is 0 Å². The Morgan fingerprint density at radius 1 is 1.27 bits per heavy atom. The van der Waals surface area contributed by atoms with Gasteiger partial charge in [-0.25, -0.2) is 0 Å². The first-order chi connectivity index (χ1) is 5.31. The molecule has 0 aromatic carbocycles. The SMILES string of the molecule is CCCN(C)CCOCOC. The van der Waals surface area contributed by atoms with Crippen LogP contribution in [-0.2, 0) is 9.47 Å². The molecule has 0 saturated heterocycles. The number of ether oxygens (including phenoxy) is 2. The molecule has 0 unspecified atom stereocenters. The molecule has 11 heavy (non-hydrogen) atoms. The fourth-order valence-electron chi connectivity index (χ4n) is 0.856. The lowest BCUT2D eigenvalue weighted by molar-refractivity contribution is -0.0350. The van der Waals surface area contributed by atoms with E-state index in [1.54, 1.807) is 7.11 Å². The average Bonchev–Trinajstić information content (AvgIpc) is 1.99. The van der Waals surface area contributed by atoms with Gasteiger partial charge in [-0.15, -0.1) is 0 Å². The maximum Gasteiger partial charge on any atom is 0.146 e. The van der Waals surface area contributed by atoms with Crippen molar-refractivity contribution in [2.75, 3.05) is 40.6 Å². The van der Waals surface area contributed by atoms with Gasteiger partial charge in [-0.1, -0.05) is 6.92 Å². The van der Waals surface area contributed by atoms with Gasteiger partial charge in [0.05, 0.1) is 6.61 Å². The highest BCUT2D eigenvalue weighted by Crippen LogP contribution is 1.86. The van der Waals surface area contributed by atoms with Crippen LogP contribution in [-0.4, -0.2) is 45.5 Å². The van der Waals surface area contributed by atoms with E-state index < -0.39 is 0 Å². The van der Waals surface area contributed by atoms with E-state index in [9.17, 15) is 0 Å². The van der Waals surface area contributed by atoms with Crippen molar-refractivity contribution in [2.45, 2.75) is 13.3 Å². The minimum Gasteiger partial charge on any atom is -0.359 e. The van der Waals surface area contributed by atoms with Crippen LogP contribution in [0.15, 0.2) is 0 Å². The van der Waals surface area contributed by atoms with E-state index in [-0.39, 0.29) is 0 Å². The van der Waals surface area contributed by atoms with Crippen molar-refractivity contribution in [3.63, 3.8) is 0 Å². The summed E-state index contributed by atoms with van der Waals surface area (Å²) in [5, 5.41) is 0. The van der Waals surface area contributed by atoms with Crippen molar-refractivity contribution in [3.8, 4) is 0 Å². The summed E-state index contributed by atoms with van der Waals surface area (Å²) in [6.45, 7) is 5.45. The topological polar surface area (TPSA) is 21.7 Å². The highest BCUT2D eigenvalue weighted by molar-refractivity contribution is 4.46. The lowest BCUT2D eigenvalue weighted by Gasteiger charge is -2.14. The molecule has 0 amide bonds. The zero-order valence-electron chi connectivity index (χ0n) is 7.80. The van der Waals surface area contributed by atoms with Gasteiger partial charge in [-0.3, -0.25) is 0 Å². The summed E-state index contributed by atoms with van der Waals surface area (Å²) >= 11 is 0. The molecular weight excluding hydrogens is 142 g/mol. The Kier molecular flexibility index (Phi) is 7.89. The number of nitrogens with zero attached hydrogens (tertiary/aromatic N) is 1. The maximum absolute atomic E-state index is 5.14. The largest absolute Gasteiger partial charge is 0.359 e. The lowest BCUT2D eigenvalue weighted by Crippen LogP contribution is -2.24. The molecule has 0 aromatic heterocycles. The maximum atomic E-state index is 5.14. The van der Waals surface area contributed by atoms with Crippen molar-refractivity contribution in [3.05, 3.63) is 0 Å². The number of methoxy groups -OCH3 is 1. The quantitative estimate of drug-likeness (QED) is 0.410. The van der Waals surface area contributed by atoms with E-state index in [4.69, 9.17) is 9.47 Å². The molecule has 3 heteroatoms. The van der Waals surface area contributed by atoms with Crippen LogP contribution in [0.2, 0.25) is 0 Å². The Hall–Kier alpha value is -0.120. The van der Waals surface area contributed by atoms with E-state index in [1.165, 1.54) is 6.42 Å². The van der Waals surface area contributed by atoms with E-state index in [0.717, 1.165) is 19.7 Å². The van der Waals surface area contributed by atoms with Crippen LogP contribution in [0.4, 0.5) is 0 Å². The molecule has 0 radical (unpaired) electrons. The number of likely N-dealkylation sites (N-methyl/N-ethyl adjacent to an activating group) is 1. The van der Waals surface area contributed by atoms with Crippen LogP contribution in [0, 0.1) is 0 Å². The molecule has 0 saturated carbocycles. The van der Waals surface area contributed by atoms with Crippen molar-refractivity contribution < 1.29 is 9.47 Å². The van der Waals surface area contributed by atoms with E-state index in [2.05, 4.69) is 18.9 Å². The third-order valence-corrected chi connectivity index (χ3v) is 1.42. The molecule has 68 valence electrons. The summed E-state index contributed by atoms with van der Waals surface area (Å²) in [5.41, 5.74) is 0. The molecule has 0 N–H and O–H groups in total. The number of rotatable bonds is 7. The van der Waals surface area contributed by atoms with Crippen molar-refractivity contribution in [1.82, 2.24) is 4.90 Å². The Morgan fingerprint density at radius 2 is 2.00 bits per heavy atom. The van der Waals surface area contributed by atoms with Gasteiger partial charge < -0.3 is 14.4 Å². The molecule has 0 atom stereocenters. The van der Waals surface area contributed by atoms with Crippen LogP contribution in [0.5, 0.6) is 0 Å². The van der Waals surface area contributed by atoms with Crippen LogP contribution in [0.1, 0.15) is 13.3 Å². The second-order valence-corrected chi connectivity index (χ2v) is 2.62. The molecular formula is C8H19NO2. The van der Waals surface area contributed by atoms with Crippen LogP contribution < -0.4 is 0 Å². The molecule has 0 aliphatic carbocycles. The summed E-state index contributed by atoms with van der Waals surface area (Å²) in [7, 11) is 3.73. The van der Waals surface area contributed by atoms with Crippen LogP contribution >= 0.6 is 0 Å². The Morgan fingerprint density at radius 3 is 2.55 bits per heavy atom. The van der Waals surface area contributed by atoms with Gasteiger partial charge >= 0.3 is 0 Å². The fourth-order valence-corrected chi connectivity index (χ4v) is 0.856. The summed E-state index contributed by atoms with van der Waals surface area (Å²) in [6.07, 6.45) is 1.20. The van der Waals surface area contributed by atoms with Gasteiger partial charge in [0.25, 0.3) is 0 Å². The molecule has 0 aliphatic heterocycles. The lowest BCUT2D eigenvalue weighted by atomic mass is 10.4. The number of hydrogen-bond acceptors (Lipinski definition) is 3. The molecule has 0 rings (SSSR count). The molecule has 0 aliphatic rings. The fraction of sp³-hybridized carbons (Fsp3) is 1.00. The Labute approximate surface area is 69.3 Å². The summed E-state index contributed by atoms with van der Waals surface area (Å²) in [4.78, 5) is 2.25. The van der Waals surface area contributed by atoms with Gasteiger partial charge in [-0.2, -0.15) is 0 Å². The molecule has 0 fully saturated rings. The third kappa shape index (κ3) is 7.78. The van der Waals surface area contributed by atoms with Crippen LogP contribution in [0.25, 0.3) is 0 Å². The van der Waals surface area contributed by atoms with Gasteiger partial charge in [0.1, 0.15) is 6.79 Å². The molecule has 0 spiro atoms. The standard InChI is InChI=1S/C8H19NO2/c1-4-5-9(2)6-7-11-8-10-3/h4-8H2,1-3H3. The first-order valence-electron chi connectivity index (χ1n) is 4.06. The van der Waals surface area contributed by atoms with Gasteiger partial charge in [0.2, 0.25) is 0 Å². The highest BCUT2D eigenvalue weighted by Gasteiger charge is 1.94. The Balaban J connectivity index is 2.97. The normalized spacial score (nSPS) is 10.9. The summed E-state index contributed by atoms with van der Waals surface area (Å²) < 4.78 is 9.88. The zero-order chi connectivity index (χ0) is 8.53. The van der Waals surface area contributed by atoms with Crippen molar-refractivity contribution in [1.29, 1.82) is 0 Å². The second-order valence-electron chi connectivity index (χ2n) is 2.62. The molecule has 0 heterocycles. The zero-order valence-corrected chi connectivity index (χ0v) is 7.80. The third-order valence-electron chi connectivity index (χ3n) is 1.42. The van der Waals surface area contributed by atoms with Gasteiger partial charge in [-0.05, 0) is 20.0 Å².